The molecular formula is C11H14N4O2. The molecule has 0 bridgehead atoms. The highest BCUT2D eigenvalue weighted by atomic mass is 16.5. The third-order valence-corrected chi connectivity index (χ3v) is 2.88. The summed E-state index contributed by atoms with van der Waals surface area (Å²) in [5.41, 5.74) is 0.734. The third-order valence-electron chi connectivity index (χ3n) is 2.88. The summed E-state index contributed by atoms with van der Waals surface area (Å²) in [6.45, 7) is 2.21. The minimum atomic E-state index is 0.0888. The summed E-state index contributed by atoms with van der Waals surface area (Å²) in [4.78, 5) is 0. The number of methoxy groups -OCH3 is 1. The number of nitrogens with one attached hydrogen (secondary N) is 1. The highest BCUT2D eigenvalue weighted by Gasteiger charge is 2.21. The van der Waals surface area contributed by atoms with Crippen LogP contribution in [-0.2, 0) is 4.74 Å². The lowest BCUT2D eigenvalue weighted by Crippen LogP contribution is -2.35. The molecule has 90 valence electrons. The molecule has 0 aliphatic carbocycles. The Morgan fingerprint density at radius 1 is 1.53 bits per heavy atom. The van der Waals surface area contributed by atoms with E-state index in [4.69, 9.17) is 9.47 Å². The minimum absolute atomic E-state index is 0.0888. The highest BCUT2D eigenvalue weighted by Crippen LogP contribution is 2.21. The van der Waals surface area contributed by atoms with Crippen LogP contribution in [0.5, 0.6) is 5.75 Å². The van der Waals surface area contributed by atoms with Crippen LogP contribution in [0.25, 0.3) is 5.65 Å². The maximum atomic E-state index is 5.44. The molecule has 1 fully saturated rings. The van der Waals surface area contributed by atoms with Gasteiger partial charge < -0.3 is 14.8 Å². The van der Waals surface area contributed by atoms with Crippen molar-refractivity contribution in [3.8, 4) is 5.75 Å². The van der Waals surface area contributed by atoms with Gasteiger partial charge in [-0.3, -0.25) is 4.40 Å². The number of pyridine rings is 1. The van der Waals surface area contributed by atoms with Crippen molar-refractivity contribution in [1.82, 2.24) is 19.9 Å². The van der Waals surface area contributed by atoms with Gasteiger partial charge in [-0.2, -0.15) is 0 Å². The first-order chi connectivity index (χ1) is 8.40. The summed E-state index contributed by atoms with van der Waals surface area (Å²) in [7, 11) is 1.63. The van der Waals surface area contributed by atoms with E-state index in [9.17, 15) is 0 Å². The second-order valence-electron chi connectivity index (χ2n) is 3.91. The average molecular weight is 234 g/mol. The quantitative estimate of drug-likeness (QED) is 0.815. The first-order valence-electron chi connectivity index (χ1n) is 5.59. The lowest BCUT2D eigenvalue weighted by molar-refractivity contribution is 0.0739. The minimum Gasteiger partial charge on any atom is -0.493 e. The Morgan fingerprint density at radius 3 is 3.24 bits per heavy atom. The van der Waals surface area contributed by atoms with Gasteiger partial charge in [0, 0.05) is 12.7 Å². The van der Waals surface area contributed by atoms with Gasteiger partial charge in [0.1, 0.15) is 0 Å². The van der Waals surface area contributed by atoms with Crippen molar-refractivity contribution in [1.29, 1.82) is 0 Å². The first kappa shape index (κ1) is 10.5. The Labute approximate surface area is 98.6 Å². The van der Waals surface area contributed by atoms with Crippen molar-refractivity contribution in [2.24, 2.45) is 0 Å². The standard InChI is InChI=1S/C11H14N4O2/c1-16-9-3-2-5-15-10(13-14-11(9)15)8-7-17-6-4-12-8/h2-3,5,8,12H,4,6-7H2,1H3. The van der Waals surface area contributed by atoms with E-state index in [1.165, 1.54) is 0 Å². The molecule has 6 nitrogen and oxygen atoms in total. The van der Waals surface area contributed by atoms with Crippen molar-refractivity contribution in [3.63, 3.8) is 0 Å². The van der Waals surface area contributed by atoms with E-state index in [0.29, 0.717) is 6.61 Å². The van der Waals surface area contributed by atoms with Crippen molar-refractivity contribution in [2.45, 2.75) is 6.04 Å². The van der Waals surface area contributed by atoms with Crippen LogP contribution < -0.4 is 10.1 Å². The Morgan fingerprint density at radius 2 is 2.47 bits per heavy atom. The molecule has 0 aromatic carbocycles. The number of morpholine rings is 1. The molecule has 1 unspecified atom stereocenters. The molecule has 0 saturated carbocycles. The molecule has 6 heteroatoms. The van der Waals surface area contributed by atoms with Crippen LogP contribution in [0.1, 0.15) is 11.9 Å². The summed E-state index contributed by atoms with van der Waals surface area (Å²) < 4.78 is 12.6. The Kier molecular flexibility index (Phi) is 2.66. The van der Waals surface area contributed by atoms with E-state index in [0.717, 1.165) is 30.4 Å². The predicted octanol–water partition coefficient (Wildman–Crippen LogP) is 0.399. The number of hydrogen-bond acceptors (Lipinski definition) is 5. The number of hydrogen-bond donors (Lipinski definition) is 1. The molecule has 0 radical (unpaired) electrons. The second kappa shape index (κ2) is 4.31. The zero-order valence-electron chi connectivity index (χ0n) is 9.59. The van der Waals surface area contributed by atoms with Crippen molar-refractivity contribution < 1.29 is 9.47 Å². The smallest absolute Gasteiger partial charge is 0.203 e. The maximum Gasteiger partial charge on any atom is 0.203 e. The van der Waals surface area contributed by atoms with Gasteiger partial charge in [0.05, 0.1) is 26.4 Å². The van der Waals surface area contributed by atoms with Gasteiger partial charge in [0.25, 0.3) is 0 Å². The number of ether oxygens (including phenoxy) is 2. The zero-order valence-corrected chi connectivity index (χ0v) is 9.59. The molecular weight excluding hydrogens is 220 g/mol. The summed E-state index contributed by atoms with van der Waals surface area (Å²) in [5.74, 6) is 1.58. The predicted molar refractivity (Wildman–Crippen MR) is 61.1 cm³/mol. The van der Waals surface area contributed by atoms with E-state index in [1.807, 2.05) is 22.7 Å². The molecule has 2 aromatic heterocycles. The van der Waals surface area contributed by atoms with Crippen LogP contribution in [0.3, 0.4) is 0 Å². The Balaban J connectivity index is 2.05. The lowest BCUT2D eigenvalue weighted by atomic mass is 10.2. The van der Waals surface area contributed by atoms with Gasteiger partial charge in [-0.15, -0.1) is 10.2 Å². The van der Waals surface area contributed by atoms with Crippen molar-refractivity contribution >= 4 is 5.65 Å². The van der Waals surface area contributed by atoms with Gasteiger partial charge in [-0.05, 0) is 12.1 Å². The van der Waals surface area contributed by atoms with Crippen LogP contribution in [0.15, 0.2) is 18.3 Å². The van der Waals surface area contributed by atoms with Crippen LogP contribution in [0.2, 0.25) is 0 Å². The summed E-state index contributed by atoms with van der Waals surface area (Å²) in [5, 5.41) is 11.7. The molecule has 0 amide bonds. The molecule has 1 aliphatic heterocycles. The fraction of sp³-hybridized carbons (Fsp3) is 0.455. The summed E-state index contributed by atoms with van der Waals surface area (Å²) >= 11 is 0. The van der Waals surface area contributed by atoms with E-state index >= 15 is 0 Å². The number of aromatic nitrogens is 3. The third kappa shape index (κ3) is 1.75. The van der Waals surface area contributed by atoms with Crippen LogP contribution >= 0.6 is 0 Å². The fourth-order valence-electron chi connectivity index (χ4n) is 2.04. The first-order valence-corrected chi connectivity index (χ1v) is 5.59. The normalized spacial score (nSPS) is 20.6. The number of fused-ring (bicyclic) bond motifs is 1. The van der Waals surface area contributed by atoms with Crippen LogP contribution in [0, 0.1) is 0 Å². The SMILES string of the molecule is COc1cccn2c(C3COCCN3)nnc12. The molecule has 3 rings (SSSR count). The number of nitrogens with zero attached hydrogens (tertiary/aromatic N) is 3. The Hall–Kier alpha value is -1.66. The summed E-state index contributed by atoms with van der Waals surface area (Å²) in [6.07, 6.45) is 1.93. The van der Waals surface area contributed by atoms with Crippen LogP contribution in [0.4, 0.5) is 0 Å². The fourth-order valence-corrected chi connectivity index (χ4v) is 2.04. The van der Waals surface area contributed by atoms with Crippen molar-refractivity contribution in [3.05, 3.63) is 24.2 Å². The average Bonchev–Trinajstić information content (AvgIpc) is 2.83. The highest BCUT2D eigenvalue weighted by molar-refractivity contribution is 5.53. The molecule has 1 saturated heterocycles. The zero-order chi connectivity index (χ0) is 11.7. The molecule has 17 heavy (non-hydrogen) atoms. The van der Waals surface area contributed by atoms with Gasteiger partial charge >= 0.3 is 0 Å². The summed E-state index contributed by atoms with van der Waals surface area (Å²) in [6, 6.07) is 3.88. The van der Waals surface area contributed by atoms with Crippen LogP contribution in [-0.4, -0.2) is 41.5 Å². The molecule has 1 N–H and O–H groups in total. The molecule has 3 heterocycles. The molecule has 0 spiro atoms. The van der Waals surface area contributed by atoms with Gasteiger partial charge in [-0.25, -0.2) is 0 Å². The molecule has 1 aliphatic rings. The van der Waals surface area contributed by atoms with Gasteiger partial charge in [0.2, 0.25) is 5.65 Å². The van der Waals surface area contributed by atoms with Crippen molar-refractivity contribution in [2.75, 3.05) is 26.9 Å². The van der Waals surface area contributed by atoms with Gasteiger partial charge in [0.15, 0.2) is 11.6 Å². The molecule has 2 aromatic rings. The molecule has 1 atom stereocenters. The van der Waals surface area contributed by atoms with E-state index in [-0.39, 0.29) is 6.04 Å². The second-order valence-corrected chi connectivity index (χ2v) is 3.91. The van der Waals surface area contributed by atoms with E-state index in [1.54, 1.807) is 7.11 Å². The lowest BCUT2D eigenvalue weighted by Gasteiger charge is -2.22. The monoisotopic (exact) mass is 234 g/mol. The Bertz CT molecular complexity index is 519. The van der Waals surface area contributed by atoms with E-state index < -0.39 is 0 Å². The van der Waals surface area contributed by atoms with E-state index in [2.05, 4.69) is 15.5 Å². The topological polar surface area (TPSA) is 60.7 Å². The largest absolute Gasteiger partial charge is 0.493 e. The van der Waals surface area contributed by atoms with Gasteiger partial charge in [-0.1, -0.05) is 0 Å². The maximum absolute atomic E-state index is 5.44. The number of rotatable bonds is 2.